The van der Waals surface area contributed by atoms with E-state index < -0.39 is 0 Å². The van der Waals surface area contributed by atoms with Crippen LogP contribution in [0, 0.1) is 18.7 Å². The van der Waals surface area contributed by atoms with Crippen LogP contribution in [0.1, 0.15) is 33.5 Å². The molecule has 24 heavy (non-hydrogen) atoms. The Morgan fingerprint density at radius 1 is 1.25 bits per heavy atom. The van der Waals surface area contributed by atoms with Gasteiger partial charge in [-0.1, -0.05) is 24.3 Å². The van der Waals surface area contributed by atoms with Crippen LogP contribution in [0.4, 0.5) is 4.39 Å². The number of halogens is 1. The van der Waals surface area contributed by atoms with Gasteiger partial charge in [0.2, 0.25) is 0 Å². The summed E-state index contributed by atoms with van der Waals surface area (Å²) in [6, 6.07) is 12.3. The van der Waals surface area contributed by atoms with Gasteiger partial charge < -0.3 is 10.0 Å². The molecule has 1 unspecified atom stereocenters. The Bertz CT molecular complexity index is 744. The fourth-order valence-electron chi connectivity index (χ4n) is 3.41. The van der Waals surface area contributed by atoms with Gasteiger partial charge in [-0.25, -0.2) is 4.39 Å². The van der Waals surface area contributed by atoms with Crippen molar-refractivity contribution in [1.82, 2.24) is 4.90 Å². The summed E-state index contributed by atoms with van der Waals surface area (Å²) in [5.41, 5.74) is 3.37. The lowest BCUT2D eigenvalue weighted by atomic mass is 9.97. The Kier molecular flexibility index (Phi) is 4.95. The highest BCUT2D eigenvalue weighted by atomic mass is 19.1. The largest absolute Gasteiger partial charge is 0.392 e. The van der Waals surface area contributed by atoms with Crippen molar-refractivity contribution in [3.8, 4) is 0 Å². The predicted octanol–water partition coefficient (Wildman–Crippen LogP) is 3.33. The molecule has 0 spiro atoms. The second-order valence-corrected chi connectivity index (χ2v) is 6.55. The molecule has 0 aliphatic carbocycles. The smallest absolute Gasteiger partial charge is 0.254 e. The third kappa shape index (κ3) is 3.65. The maximum absolute atomic E-state index is 13.2. The van der Waals surface area contributed by atoms with Crippen LogP contribution in [-0.2, 0) is 13.0 Å². The first kappa shape index (κ1) is 16.7. The van der Waals surface area contributed by atoms with Crippen LogP contribution in [0.2, 0.25) is 0 Å². The Morgan fingerprint density at radius 2 is 2.04 bits per heavy atom. The van der Waals surface area contributed by atoms with Gasteiger partial charge in [0.05, 0.1) is 6.61 Å². The molecule has 1 N–H and O–H groups in total. The molecule has 0 saturated carbocycles. The van der Waals surface area contributed by atoms with Crippen LogP contribution in [0.5, 0.6) is 0 Å². The van der Waals surface area contributed by atoms with Gasteiger partial charge in [-0.05, 0) is 60.6 Å². The van der Waals surface area contributed by atoms with E-state index in [4.69, 9.17) is 0 Å². The predicted molar refractivity (Wildman–Crippen MR) is 91.2 cm³/mol. The highest BCUT2D eigenvalue weighted by Gasteiger charge is 2.27. The number of hydrogen-bond donors (Lipinski definition) is 1. The SMILES string of the molecule is Cc1cc(F)ccc1C(=O)N1CCC(Cc2cccc(CO)c2)C1. The summed E-state index contributed by atoms with van der Waals surface area (Å²) in [6.45, 7) is 3.27. The molecule has 3 nitrogen and oxygen atoms in total. The van der Waals surface area contributed by atoms with Crippen LogP contribution in [0.3, 0.4) is 0 Å². The summed E-state index contributed by atoms with van der Waals surface area (Å²) in [6.07, 6.45) is 1.87. The fraction of sp³-hybridized carbons (Fsp3) is 0.350. The van der Waals surface area contributed by atoms with Crippen LogP contribution < -0.4 is 0 Å². The van der Waals surface area contributed by atoms with Crippen molar-refractivity contribution in [3.63, 3.8) is 0 Å². The van der Waals surface area contributed by atoms with E-state index in [-0.39, 0.29) is 18.3 Å². The number of hydrogen-bond acceptors (Lipinski definition) is 2. The lowest BCUT2D eigenvalue weighted by Crippen LogP contribution is -2.29. The van der Waals surface area contributed by atoms with Crippen LogP contribution in [0.25, 0.3) is 0 Å². The number of carbonyl (C=O) groups excluding carboxylic acids is 1. The zero-order valence-electron chi connectivity index (χ0n) is 13.8. The standard InChI is InChI=1S/C20H22FNO2/c1-14-9-18(21)5-6-19(14)20(24)22-8-7-16(12-22)10-15-3-2-4-17(11-15)13-23/h2-6,9,11,16,23H,7-8,10,12-13H2,1H3. The van der Waals surface area contributed by atoms with Gasteiger partial charge >= 0.3 is 0 Å². The van der Waals surface area contributed by atoms with E-state index in [1.807, 2.05) is 23.1 Å². The molecule has 1 fully saturated rings. The number of carbonyl (C=O) groups is 1. The average molecular weight is 327 g/mol. The average Bonchev–Trinajstić information content (AvgIpc) is 3.03. The van der Waals surface area contributed by atoms with Crippen molar-refractivity contribution in [2.75, 3.05) is 13.1 Å². The van der Waals surface area contributed by atoms with Crippen LogP contribution in [-0.4, -0.2) is 29.0 Å². The highest BCUT2D eigenvalue weighted by Crippen LogP contribution is 2.24. The highest BCUT2D eigenvalue weighted by molar-refractivity contribution is 5.95. The first-order chi connectivity index (χ1) is 11.6. The number of likely N-dealkylation sites (tertiary alicyclic amines) is 1. The summed E-state index contributed by atoms with van der Waals surface area (Å²) in [7, 11) is 0. The molecule has 1 atom stereocenters. The molecule has 1 amide bonds. The molecular formula is C20H22FNO2. The number of rotatable bonds is 4. The van der Waals surface area contributed by atoms with Crippen molar-refractivity contribution < 1.29 is 14.3 Å². The van der Waals surface area contributed by atoms with Gasteiger partial charge in [-0.2, -0.15) is 0 Å². The van der Waals surface area contributed by atoms with Crippen molar-refractivity contribution in [1.29, 1.82) is 0 Å². The number of amides is 1. The molecule has 126 valence electrons. The normalized spacial score (nSPS) is 17.3. The maximum Gasteiger partial charge on any atom is 0.254 e. The lowest BCUT2D eigenvalue weighted by molar-refractivity contribution is 0.0786. The van der Waals surface area contributed by atoms with Gasteiger partial charge in [-0.15, -0.1) is 0 Å². The summed E-state index contributed by atoms with van der Waals surface area (Å²) in [4.78, 5) is 14.5. The second-order valence-electron chi connectivity index (χ2n) is 6.55. The molecule has 1 aliphatic heterocycles. The Balaban J connectivity index is 1.65. The van der Waals surface area contributed by atoms with E-state index in [1.165, 1.54) is 17.7 Å². The molecule has 2 aromatic rings. The van der Waals surface area contributed by atoms with E-state index in [9.17, 15) is 14.3 Å². The van der Waals surface area contributed by atoms with Crippen molar-refractivity contribution in [3.05, 3.63) is 70.5 Å². The van der Waals surface area contributed by atoms with Crippen molar-refractivity contribution >= 4 is 5.91 Å². The summed E-state index contributed by atoms with van der Waals surface area (Å²) in [5.74, 6) is 0.0925. The van der Waals surface area contributed by atoms with E-state index in [1.54, 1.807) is 13.0 Å². The van der Waals surface area contributed by atoms with E-state index in [0.29, 0.717) is 17.0 Å². The minimum absolute atomic E-state index is 0.0147. The zero-order chi connectivity index (χ0) is 17.1. The third-order valence-electron chi connectivity index (χ3n) is 4.69. The lowest BCUT2D eigenvalue weighted by Gasteiger charge is -2.18. The van der Waals surface area contributed by atoms with Gasteiger partial charge in [-0.3, -0.25) is 4.79 Å². The molecular weight excluding hydrogens is 305 g/mol. The van der Waals surface area contributed by atoms with E-state index >= 15 is 0 Å². The zero-order valence-corrected chi connectivity index (χ0v) is 13.8. The van der Waals surface area contributed by atoms with Crippen LogP contribution >= 0.6 is 0 Å². The van der Waals surface area contributed by atoms with Crippen molar-refractivity contribution in [2.45, 2.75) is 26.4 Å². The molecule has 1 saturated heterocycles. The molecule has 0 radical (unpaired) electrons. The summed E-state index contributed by atoms with van der Waals surface area (Å²) in [5, 5.41) is 9.23. The molecule has 0 bridgehead atoms. The van der Waals surface area contributed by atoms with Crippen molar-refractivity contribution in [2.24, 2.45) is 5.92 Å². The summed E-state index contributed by atoms with van der Waals surface area (Å²) >= 11 is 0. The molecule has 1 aliphatic rings. The van der Waals surface area contributed by atoms with Gasteiger partial charge in [0, 0.05) is 18.7 Å². The Hall–Kier alpha value is -2.20. The third-order valence-corrected chi connectivity index (χ3v) is 4.69. The van der Waals surface area contributed by atoms with E-state index in [0.717, 1.165) is 31.5 Å². The number of aliphatic hydroxyl groups excluding tert-OH is 1. The minimum Gasteiger partial charge on any atom is -0.392 e. The molecule has 0 aromatic heterocycles. The Morgan fingerprint density at radius 3 is 2.79 bits per heavy atom. The summed E-state index contributed by atoms with van der Waals surface area (Å²) < 4.78 is 13.2. The topological polar surface area (TPSA) is 40.5 Å². The number of aryl methyl sites for hydroxylation is 1. The molecule has 2 aromatic carbocycles. The first-order valence-electron chi connectivity index (χ1n) is 8.31. The second kappa shape index (κ2) is 7.14. The van der Waals surface area contributed by atoms with E-state index in [2.05, 4.69) is 6.07 Å². The number of nitrogens with zero attached hydrogens (tertiary/aromatic N) is 1. The maximum atomic E-state index is 13.2. The first-order valence-corrected chi connectivity index (χ1v) is 8.31. The van der Waals surface area contributed by atoms with Crippen LogP contribution in [0.15, 0.2) is 42.5 Å². The molecule has 3 rings (SSSR count). The minimum atomic E-state index is -0.313. The number of aliphatic hydroxyl groups is 1. The fourth-order valence-corrected chi connectivity index (χ4v) is 3.41. The Labute approximate surface area is 141 Å². The molecule has 4 heteroatoms. The molecule has 1 heterocycles. The number of benzene rings is 2. The van der Waals surface area contributed by atoms with Gasteiger partial charge in [0.1, 0.15) is 5.82 Å². The van der Waals surface area contributed by atoms with Gasteiger partial charge in [0.15, 0.2) is 0 Å². The monoisotopic (exact) mass is 327 g/mol. The quantitative estimate of drug-likeness (QED) is 0.936. The van der Waals surface area contributed by atoms with Gasteiger partial charge in [0.25, 0.3) is 5.91 Å².